The van der Waals surface area contributed by atoms with Crippen molar-refractivity contribution >= 4 is 23.3 Å². The van der Waals surface area contributed by atoms with Gasteiger partial charge in [0.1, 0.15) is 11.2 Å². The molecule has 0 bridgehead atoms. The van der Waals surface area contributed by atoms with Gasteiger partial charge in [-0.25, -0.2) is 4.68 Å². The van der Waals surface area contributed by atoms with E-state index in [0.29, 0.717) is 22.5 Å². The highest BCUT2D eigenvalue weighted by atomic mass is 19.4. The molecule has 1 spiro atoms. The molecule has 29 heavy (non-hydrogen) atoms. The van der Waals surface area contributed by atoms with Crippen LogP contribution in [-0.2, 0) is 21.2 Å². The molecule has 6 nitrogen and oxygen atoms in total. The second-order valence-electron chi connectivity index (χ2n) is 6.99. The van der Waals surface area contributed by atoms with Crippen molar-refractivity contribution in [3.05, 3.63) is 71.4 Å². The number of nitrogens with zero attached hydrogens (tertiary/aromatic N) is 2. The van der Waals surface area contributed by atoms with Gasteiger partial charge in [0.05, 0.1) is 17.4 Å². The van der Waals surface area contributed by atoms with E-state index in [9.17, 15) is 22.8 Å². The second kappa shape index (κ2) is 5.69. The number of para-hydroxylation sites is 1. The number of anilines is 2. The van der Waals surface area contributed by atoms with Crippen molar-refractivity contribution in [2.75, 3.05) is 10.6 Å². The zero-order valence-electron chi connectivity index (χ0n) is 14.7. The Labute approximate surface area is 162 Å². The summed E-state index contributed by atoms with van der Waals surface area (Å²) >= 11 is 0. The Balaban J connectivity index is 1.67. The van der Waals surface area contributed by atoms with Crippen LogP contribution in [0.3, 0.4) is 0 Å². The zero-order chi connectivity index (χ0) is 20.4. The molecule has 2 aromatic carbocycles. The number of carbonyl (C=O) groups is 2. The van der Waals surface area contributed by atoms with Crippen molar-refractivity contribution in [1.82, 2.24) is 9.78 Å². The first-order chi connectivity index (χ1) is 13.8. The van der Waals surface area contributed by atoms with Crippen LogP contribution in [0.4, 0.5) is 24.7 Å². The number of aromatic nitrogens is 2. The fourth-order valence-electron chi connectivity index (χ4n) is 4.04. The largest absolute Gasteiger partial charge is 0.416 e. The van der Waals surface area contributed by atoms with Crippen LogP contribution >= 0.6 is 0 Å². The molecule has 2 amide bonds. The molecular formula is C20H13F3N4O2. The van der Waals surface area contributed by atoms with Crippen molar-refractivity contribution in [3.63, 3.8) is 0 Å². The predicted molar refractivity (Wildman–Crippen MR) is 97.7 cm³/mol. The third-order valence-corrected chi connectivity index (χ3v) is 5.37. The number of hydrogen-bond acceptors (Lipinski definition) is 3. The van der Waals surface area contributed by atoms with Crippen molar-refractivity contribution in [2.24, 2.45) is 0 Å². The van der Waals surface area contributed by atoms with Gasteiger partial charge in [-0.1, -0.05) is 18.2 Å². The smallest absolute Gasteiger partial charge is 0.325 e. The number of halogens is 3. The number of rotatable bonds is 1. The molecule has 2 aliphatic heterocycles. The zero-order valence-corrected chi connectivity index (χ0v) is 14.7. The quantitative estimate of drug-likeness (QED) is 0.659. The normalized spacial score (nSPS) is 20.2. The minimum Gasteiger partial charge on any atom is -0.325 e. The minimum absolute atomic E-state index is 0.0818. The number of fused-ring (bicyclic) bond motifs is 4. The van der Waals surface area contributed by atoms with E-state index in [-0.39, 0.29) is 24.1 Å². The summed E-state index contributed by atoms with van der Waals surface area (Å²) in [6, 6.07) is 11.5. The highest BCUT2D eigenvalue weighted by Crippen LogP contribution is 2.50. The number of nitrogens with one attached hydrogen (secondary N) is 2. The van der Waals surface area contributed by atoms with E-state index in [4.69, 9.17) is 0 Å². The molecule has 0 aliphatic carbocycles. The highest BCUT2D eigenvalue weighted by Gasteiger charge is 2.54. The summed E-state index contributed by atoms with van der Waals surface area (Å²) in [4.78, 5) is 25.5. The third-order valence-electron chi connectivity index (χ3n) is 5.37. The standard InChI is InChI=1S/C20H13F3N4O2/c21-20(22,23)11-5-7-12(8-6-11)27-17-14(10-24-27)19(9-16(28)26-17)13-3-1-2-4-15(13)25-18(19)29/h1-8,10H,9H2,(H,25,29)(H,26,28)/t19-/m1/s1. The lowest BCUT2D eigenvalue weighted by Gasteiger charge is -2.31. The average Bonchev–Trinajstić information content (AvgIpc) is 3.22. The van der Waals surface area contributed by atoms with Gasteiger partial charge in [-0.15, -0.1) is 0 Å². The SMILES string of the molecule is O=C1C[C@]2(C(=O)Nc3ccccc32)c2cnn(-c3ccc(C(F)(F)F)cc3)c2N1. The Morgan fingerprint density at radius 3 is 2.41 bits per heavy atom. The lowest BCUT2D eigenvalue weighted by molar-refractivity contribution is -0.137. The van der Waals surface area contributed by atoms with Gasteiger partial charge in [0, 0.05) is 17.7 Å². The van der Waals surface area contributed by atoms with Crippen LogP contribution in [-0.4, -0.2) is 21.6 Å². The summed E-state index contributed by atoms with van der Waals surface area (Å²) in [7, 11) is 0. The van der Waals surface area contributed by atoms with Gasteiger partial charge >= 0.3 is 6.18 Å². The number of hydrogen-bond donors (Lipinski definition) is 2. The first-order valence-corrected chi connectivity index (χ1v) is 8.78. The molecule has 0 saturated carbocycles. The topological polar surface area (TPSA) is 76.0 Å². The minimum atomic E-state index is -4.45. The first kappa shape index (κ1) is 17.5. The first-order valence-electron chi connectivity index (χ1n) is 8.78. The molecule has 2 N–H and O–H groups in total. The van der Waals surface area contributed by atoms with E-state index in [2.05, 4.69) is 15.7 Å². The molecular weight excluding hydrogens is 385 g/mol. The maximum atomic E-state index is 13.0. The molecule has 5 rings (SSSR count). The lowest BCUT2D eigenvalue weighted by atomic mass is 9.72. The number of carbonyl (C=O) groups excluding carboxylic acids is 2. The van der Waals surface area contributed by atoms with Crippen molar-refractivity contribution < 1.29 is 22.8 Å². The Kier molecular flexibility index (Phi) is 3.43. The van der Waals surface area contributed by atoms with Gasteiger partial charge in [0.2, 0.25) is 11.8 Å². The Morgan fingerprint density at radius 1 is 0.966 bits per heavy atom. The molecule has 3 aromatic rings. The number of benzene rings is 2. The van der Waals surface area contributed by atoms with Gasteiger partial charge in [0.25, 0.3) is 0 Å². The van der Waals surface area contributed by atoms with Gasteiger partial charge in [-0.3, -0.25) is 9.59 Å². The Hall–Kier alpha value is -3.62. The van der Waals surface area contributed by atoms with Crippen LogP contribution in [0, 0.1) is 0 Å². The van der Waals surface area contributed by atoms with E-state index in [1.807, 2.05) is 0 Å². The summed E-state index contributed by atoms with van der Waals surface area (Å²) in [5, 5.41) is 9.79. The number of alkyl halides is 3. The maximum Gasteiger partial charge on any atom is 0.416 e. The Morgan fingerprint density at radius 2 is 1.69 bits per heavy atom. The molecule has 0 saturated heterocycles. The van der Waals surface area contributed by atoms with Gasteiger partial charge < -0.3 is 10.6 Å². The summed E-state index contributed by atoms with van der Waals surface area (Å²) in [6.07, 6.45) is -3.05. The van der Waals surface area contributed by atoms with Gasteiger partial charge in [0.15, 0.2) is 0 Å². The molecule has 0 radical (unpaired) electrons. The van der Waals surface area contributed by atoms with Crippen LogP contribution in [0.15, 0.2) is 54.7 Å². The van der Waals surface area contributed by atoms with Crippen LogP contribution in [0.2, 0.25) is 0 Å². The van der Waals surface area contributed by atoms with Crippen molar-refractivity contribution in [2.45, 2.75) is 18.0 Å². The monoisotopic (exact) mass is 398 g/mol. The molecule has 1 aromatic heterocycles. The molecule has 9 heteroatoms. The predicted octanol–water partition coefficient (Wildman–Crippen LogP) is 3.47. The summed E-state index contributed by atoms with van der Waals surface area (Å²) < 4.78 is 39.9. The van der Waals surface area contributed by atoms with Crippen LogP contribution in [0.5, 0.6) is 0 Å². The van der Waals surface area contributed by atoms with Crippen LogP contribution < -0.4 is 10.6 Å². The van der Waals surface area contributed by atoms with Crippen LogP contribution in [0.1, 0.15) is 23.1 Å². The fourth-order valence-corrected chi connectivity index (χ4v) is 4.04. The van der Waals surface area contributed by atoms with E-state index < -0.39 is 17.2 Å². The van der Waals surface area contributed by atoms with E-state index in [0.717, 1.165) is 12.1 Å². The number of amides is 2. The van der Waals surface area contributed by atoms with E-state index >= 15 is 0 Å². The maximum absolute atomic E-state index is 13.0. The summed E-state index contributed by atoms with van der Waals surface area (Å²) in [6.45, 7) is 0. The lowest BCUT2D eigenvalue weighted by Crippen LogP contribution is -2.43. The average molecular weight is 398 g/mol. The van der Waals surface area contributed by atoms with Crippen molar-refractivity contribution in [3.8, 4) is 5.69 Å². The summed E-state index contributed by atoms with van der Waals surface area (Å²) in [5.74, 6) is -0.437. The van der Waals surface area contributed by atoms with E-state index in [1.165, 1.54) is 23.0 Å². The third kappa shape index (κ3) is 2.40. The molecule has 0 unspecified atom stereocenters. The molecule has 146 valence electrons. The highest BCUT2D eigenvalue weighted by molar-refractivity contribution is 6.14. The molecule has 2 aliphatic rings. The van der Waals surface area contributed by atoms with Gasteiger partial charge in [-0.2, -0.15) is 18.3 Å². The molecule has 3 heterocycles. The van der Waals surface area contributed by atoms with Gasteiger partial charge in [-0.05, 0) is 35.9 Å². The van der Waals surface area contributed by atoms with E-state index in [1.54, 1.807) is 24.3 Å². The Bertz CT molecular complexity index is 1170. The van der Waals surface area contributed by atoms with Crippen LogP contribution in [0.25, 0.3) is 5.69 Å². The second-order valence-corrected chi connectivity index (χ2v) is 6.99. The fraction of sp³-hybridized carbons (Fsp3) is 0.150. The van der Waals surface area contributed by atoms with Crippen molar-refractivity contribution in [1.29, 1.82) is 0 Å². The summed E-state index contributed by atoms with van der Waals surface area (Å²) in [5.41, 5.74) is 0.126. The molecule has 1 atom stereocenters. The molecule has 0 fully saturated rings.